The van der Waals surface area contributed by atoms with E-state index >= 15 is 0 Å². The van der Waals surface area contributed by atoms with Gasteiger partial charge in [0.15, 0.2) is 0 Å². The van der Waals surface area contributed by atoms with E-state index in [4.69, 9.17) is 4.74 Å². The Balaban J connectivity index is 1.45. The number of carbonyl (C=O) groups excluding carboxylic acids is 1. The van der Waals surface area contributed by atoms with E-state index in [-0.39, 0.29) is 11.8 Å². The zero-order valence-electron chi connectivity index (χ0n) is 13.0. The average Bonchev–Trinajstić information content (AvgIpc) is 3.15. The van der Waals surface area contributed by atoms with Crippen LogP contribution in [-0.2, 0) is 11.2 Å². The Hall–Kier alpha value is -1.88. The quantitative estimate of drug-likeness (QED) is 0.851. The fourth-order valence-corrected chi connectivity index (χ4v) is 4.33. The van der Waals surface area contributed by atoms with Gasteiger partial charge in [0.05, 0.1) is 10.9 Å². The lowest BCUT2D eigenvalue weighted by atomic mass is 9.93. The molecule has 4 nitrogen and oxygen atoms in total. The Labute approximate surface area is 140 Å². The molecule has 1 amide bonds. The van der Waals surface area contributed by atoms with E-state index in [9.17, 15) is 4.79 Å². The number of benzene rings is 1. The molecule has 4 rings (SSSR count). The largest absolute Gasteiger partial charge is 0.492 e. The molecule has 0 radical (unpaired) electrons. The van der Waals surface area contributed by atoms with Crippen LogP contribution in [0, 0.1) is 5.92 Å². The molecule has 2 aliphatic rings. The van der Waals surface area contributed by atoms with Gasteiger partial charge in [0, 0.05) is 30.6 Å². The first kappa shape index (κ1) is 14.7. The molecule has 0 saturated carbocycles. The number of piperidine rings is 1. The topological polar surface area (TPSA) is 42.4 Å². The number of aromatic nitrogens is 1. The van der Waals surface area contributed by atoms with Crippen LogP contribution in [0.3, 0.4) is 0 Å². The molecule has 1 aromatic heterocycles. The van der Waals surface area contributed by atoms with Crippen molar-refractivity contribution in [3.63, 3.8) is 0 Å². The van der Waals surface area contributed by atoms with E-state index in [2.05, 4.69) is 11.1 Å². The summed E-state index contributed by atoms with van der Waals surface area (Å²) in [6, 6.07) is 8.03. The summed E-state index contributed by atoms with van der Waals surface area (Å²) in [6.45, 7) is 2.15. The summed E-state index contributed by atoms with van der Waals surface area (Å²) in [5.74, 6) is 1.50. The standard InChI is InChI=1S/C18H20N2O2S/c21-18(15-10-13-4-1-2-6-16(13)22-12-15)20-8-3-5-14(11-20)17-19-7-9-23-17/h1-2,4,6-7,9,14-15H,3,5,8,10-12H2/t14-,15+/m1/s1. The fraction of sp³-hybridized carbons (Fsp3) is 0.444. The average molecular weight is 328 g/mol. The SMILES string of the molecule is O=C([C@@H]1COc2ccccc2C1)N1CCC[C@@H](c2nccs2)C1. The van der Waals surface area contributed by atoms with Gasteiger partial charge in [-0.1, -0.05) is 18.2 Å². The number of hydrogen-bond acceptors (Lipinski definition) is 4. The predicted octanol–water partition coefficient (Wildman–Crippen LogP) is 3.10. The molecular formula is C18H20N2O2S. The molecule has 0 aliphatic carbocycles. The van der Waals surface area contributed by atoms with Crippen molar-refractivity contribution in [1.82, 2.24) is 9.88 Å². The van der Waals surface area contributed by atoms with Crippen LogP contribution in [-0.4, -0.2) is 35.5 Å². The normalized spacial score (nSPS) is 23.9. The van der Waals surface area contributed by atoms with Gasteiger partial charge in [-0.15, -0.1) is 11.3 Å². The summed E-state index contributed by atoms with van der Waals surface area (Å²) in [6.07, 6.45) is 4.82. The first-order chi connectivity index (χ1) is 11.3. The predicted molar refractivity (Wildman–Crippen MR) is 89.8 cm³/mol. The molecule has 1 aromatic carbocycles. The zero-order valence-corrected chi connectivity index (χ0v) is 13.8. The van der Waals surface area contributed by atoms with Crippen LogP contribution >= 0.6 is 11.3 Å². The first-order valence-corrected chi connectivity index (χ1v) is 9.08. The number of thiazole rings is 1. The van der Waals surface area contributed by atoms with Gasteiger partial charge in [-0.3, -0.25) is 4.79 Å². The molecule has 0 spiro atoms. The fourth-order valence-electron chi connectivity index (χ4n) is 3.56. The van der Waals surface area contributed by atoms with Crippen LogP contribution in [0.1, 0.15) is 29.3 Å². The zero-order chi connectivity index (χ0) is 15.6. The van der Waals surface area contributed by atoms with E-state index in [0.717, 1.165) is 48.7 Å². The maximum absolute atomic E-state index is 12.9. The van der Waals surface area contributed by atoms with Gasteiger partial charge in [0.25, 0.3) is 0 Å². The van der Waals surface area contributed by atoms with Crippen molar-refractivity contribution in [2.24, 2.45) is 5.92 Å². The van der Waals surface area contributed by atoms with E-state index < -0.39 is 0 Å². The van der Waals surface area contributed by atoms with Gasteiger partial charge in [-0.25, -0.2) is 4.98 Å². The minimum Gasteiger partial charge on any atom is -0.492 e. The lowest BCUT2D eigenvalue weighted by Crippen LogP contribution is -2.45. The number of ether oxygens (including phenoxy) is 1. The van der Waals surface area contributed by atoms with E-state index in [1.807, 2.05) is 34.7 Å². The van der Waals surface area contributed by atoms with Crippen molar-refractivity contribution in [2.45, 2.75) is 25.2 Å². The highest BCUT2D eigenvalue weighted by molar-refractivity contribution is 7.09. The first-order valence-electron chi connectivity index (χ1n) is 8.20. The molecule has 120 valence electrons. The number of hydrogen-bond donors (Lipinski definition) is 0. The molecular weight excluding hydrogens is 308 g/mol. The Morgan fingerprint density at radius 1 is 1.35 bits per heavy atom. The van der Waals surface area contributed by atoms with Gasteiger partial charge in [0.1, 0.15) is 12.4 Å². The summed E-state index contributed by atoms with van der Waals surface area (Å²) < 4.78 is 5.79. The van der Waals surface area contributed by atoms with Crippen LogP contribution in [0.2, 0.25) is 0 Å². The maximum Gasteiger partial charge on any atom is 0.229 e. The van der Waals surface area contributed by atoms with E-state index in [1.165, 1.54) is 0 Å². The van der Waals surface area contributed by atoms with Crippen molar-refractivity contribution in [3.05, 3.63) is 46.4 Å². The lowest BCUT2D eigenvalue weighted by molar-refractivity contribution is -0.138. The highest BCUT2D eigenvalue weighted by Crippen LogP contribution is 2.31. The van der Waals surface area contributed by atoms with Crippen LogP contribution in [0.5, 0.6) is 5.75 Å². The molecule has 5 heteroatoms. The number of nitrogens with zero attached hydrogens (tertiary/aromatic N) is 2. The molecule has 0 bridgehead atoms. The summed E-state index contributed by atoms with van der Waals surface area (Å²) in [5, 5.41) is 3.18. The third kappa shape index (κ3) is 2.98. The van der Waals surface area contributed by atoms with Gasteiger partial charge >= 0.3 is 0 Å². The number of likely N-dealkylation sites (tertiary alicyclic amines) is 1. The molecule has 1 fully saturated rings. The Morgan fingerprint density at radius 3 is 3.13 bits per heavy atom. The lowest BCUT2D eigenvalue weighted by Gasteiger charge is -2.35. The van der Waals surface area contributed by atoms with Crippen molar-refractivity contribution in [1.29, 1.82) is 0 Å². The highest BCUT2D eigenvalue weighted by Gasteiger charge is 2.33. The molecule has 2 aromatic rings. The number of amides is 1. The van der Waals surface area contributed by atoms with Gasteiger partial charge in [0.2, 0.25) is 5.91 Å². The minimum absolute atomic E-state index is 0.0556. The molecule has 0 N–H and O–H groups in total. The second-order valence-electron chi connectivity index (χ2n) is 6.31. The minimum atomic E-state index is -0.0556. The molecule has 23 heavy (non-hydrogen) atoms. The van der Waals surface area contributed by atoms with Crippen LogP contribution in [0.25, 0.3) is 0 Å². The van der Waals surface area contributed by atoms with Crippen molar-refractivity contribution in [3.8, 4) is 5.75 Å². The van der Waals surface area contributed by atoms with Gasteiger partial charge in [-0.05, 0) is 30.9 Å². The Morgan fingerprint density at radius 2 is 2.26 bits per heavy atom. The van der Waals surface area contributed by atoms with Gasteiger partial charge < -0.3 is 9.64 Å². The van der Waals surface area contributed by atoms with E-state index in [1.54, 1.807) is 11.3 Å². The molecule has 0 unspecified atom stereocenters. The number of carbonyl (C=O) groups is 1. The summed E-state index contributed by atoms with van der Waals surface area (Å²) >= 11 is 1.70. The third-order valence-electron chi connectivity index (χ3n) is 4.76. The second kappa shape index (κ2) is 6.32. The van der Waals surface area contributed by atoms with Crippen molar-refractivity contribution >= 4 is 17.2 Å². The van der Waals surface area contributed by atoms with E-state index in [0.29, 0.717) is 12.5 Å². The monoisotopic (exact) mass is 328 g/mol. The molecule has 2 atom stereocenters. The smallest absolute Gasteiger partial charge is 0.229 e. The van der Waals surface area contributed by atoms with Crippen LogP contribution < -0.4 is 4.74 Å². The maximum atomic E-state index is 12.9. The summed E-state index contributed by atoms with van der Waals surface area (Å²) in [5.41, 5.74) is 1.14. The number of para-hydroxylation sites is 1. The molecule has 1 saturated heterocycles. The summed E-state index contributed by atoms with van der Waals surface area (Å²) in [4.78, 5) is 19.4. The number of rotatable bonds is 2. The highest BCUT2D eigenvalue weighted by atomic mass is 32.1. The molecule has 2 aliphatic heterocycles. The van der Waals surface area contributed by atoms with Crippen molar-refractivity contribution in [2.75, 3.05) is 19.7 Å². The molecule has 3 heterocycles. The Bertz CT molecular complexity index is 686. The van der Waals surface area contributed by atoms with Gasteiger partial charge in [-0.2, -0.15) is 0 Å². The van der Waals surface area contributed by atoms with Crippen molar-refractivity contribution < 1.29 is 9.53 Å². The Kier molecular flexibility index (Phi) is 4.04. The summed E-state index contributed by atoms with van der Waals surface area (Å²) in [7, 11) is 0. The second-order valence-corrected chi connectivity index (χ2v) is 7.24. The third-order valence-corrected chi connectivity index (χ3v) is 5.70. The van der Waals surface area contributed by atoms with Crippen LogP contribution in [0.4, 0.5) is 0 Å². The van der Waals surface area contributed by atoms with Crippen LogP contribution in [0.15, 0.2) is 35.8 Å². The number of fused-ring (bicyclic) bond motifs is 1.